The summed E-state index contributed by atoms with van der Waals surface area (Å²) in [5, 5.41) is 0. The van der Waals surface area contributed by atoms with Crippen molar-refractivity contribution in [2.75, 3.05) is 0 Å². The molecule has 0 radical (unpaired) electrons. The van der Waals surface area contributed by atoms with Gasteiger partial charge in [0.25, 0.3) is 0 Å². The van der Waals surface area contributed by atoms with Gasteiger partial charge in [-0.15, -0.1) is 0 Å². The van der Waals surface area contributed by atoms with E-state index in [0.29, 0.717) is 0 Å². The smallest absolute Gasteiger partial charge is 0.248 e. The Hall–Kier alpha value is -1.26. The monoisotopic (exact) mass is 289 g/mol. The van der Waals surface area contributed by atoms with Gasteiger partial charge in [0.2, 0.25) is 11.8 Å². The molecular formula is C15H25F2NO2. The van der Waals surface area contributed by atoms with E-state index in [4.69, 9.17) is 5.73 Å². The molecule has 0 spiro atoms. The maximum absolute atomic E-state index is 12.5. The predicted molar refractivity (Wildman–Crippen MR) is 75.4 cm³/mol. The lowest BCUT2D eigenvalue weighted by Crippen LogP contribution is -2.32. The number of carbonyl (C=O) groups is 2. The number of carbonyl (C=O) groups excluding carboxylic acids is 2. The molecule has 0 saturated heterocycles. The van der Waals surface area contributed by atoms with Crippen LogP contribution in [0.5, 0.6) is 0 Å². The maximum atomic E-state index is 12.5. The van der Waals surface area contributed by atoms with Gasteiger partial charge in [-0.25, -0.2) is 8.78 Å². The average molecular weight is 289 g/mol. The second-order valence-corrected chi connectivity index (χ2v) is 5.09. The second-order valence-electron chi connectivity index (χ2n) is 5.09. The highest BCUT2D eigenvalue weighted by atomic mass is 19.3. The van der Waals surface area contributed by atoms with Gasteiger partial charge in [0.05, 0.1) is 0 Å². The molecule has 0 aromatic carbocycles. The molecule has 0 aromatic heterocycles. The highest BCUT2D eigenvalue weighted by molar-refractivity contribution is 5.76. The zero-order valence-corrected chi connectivity index (χ0v) is 12.1. The van der Waals surface area contributed by atoms with E-state index in [2.05, 4.69) is 6.92 Å². The van der Waals surface area contributed by atoms with Crippen LogP contribution in [0.1, 0.15) is 58.3 Å². The first-order valence-corrected chi connectivity index (χ1v) is 7.20. The van der Waals surface area contributed by atoms with E-state index in [-0.39, 0.29) is 31.6 Å². The van der Waals surface area contributed by atoms with Crippen LogP contribution in [0.4, 0.5) is 8.78 Å². The van der Waals surface area contributed by atoms with Crippen molar-refractivity contribution < 1.29 is 18.4 Å². The zero-order valence-electron chi connectivity index (χ0n) is 12.1. The minimum atomic E-state index is -2.56. The van der Waals surface area contributed by atoms with Gasteiger partial charge in [0.15, 0.2) is 0 Å². The number of aldehydes is 1. The van der Waals surface area contributed by atoms with Gasteiger partial charge in [-0.3, -0.25) is 9.59 Å². The van der Waals surface area contributed by atoms with Crippen molar-refractivity contribution in [1.82, 2.24) is 0 Å². The highest BCUT2D eigenvalue weighted by Gasteiger charge is 2.36. The Morgan fingerprint density at radius 2 is 1.90 bits per heavy atom. The number of allylic oxidation sites excluding steroid dienone is 2. The summed E-state index contributed by atoms with van der Waals surface area (Å²) in [5.41, 5.74) is 4.97. The number of halogens is 2. The Bertz CT molecular complexity index is 307. The number of unbranched alkanes of at least 4 members (excludes halogenated alkanes) is 3. The minimum absolute atomic E-state index is 0.194. The van der Waals surface area contributed by atoms with Crippen LogP contribution in [0.3, 0.4) is 0 Å². The SMILES string of the molecule is CCCCC/C=C/C=O.NC(=O)C1CCC(F)(F)CC1. The Labute approximate surface area is 119 Å². The number of primary amides is 1. The number of amides is 1. The predicted octanol–water partition coefficient (Wildman–Crippen LogP) is 3.62. The number of hydrogen-bond acceptors (Lipinski definition) is 2. The summed E-state index contributed by atoms with van der Waals surface area (Å²) in [6.07, 6.45) is 9.17. The van der Waals surface area contributed by atoms with Crippen molar-refractivity contribution >= 4 is 12.2 Å². The van der Waals surface area contributed by atoms with Gasteiger partial charge in [0, 0.05) is 18.8 Å². The molecule has 20 heavy (non-hydrogen) atoms. The van der Waals surface area contributed by atoms with Crippen LogP contribution >= 0.6 is 0 Å². The lowest BCUT2D eigenvalue weighted by molar-refractivity contribution is -0.125. The van der Waals surface area contributed by atoms with Crippen LogP contribution in [0.25, 0.3) is 0 Å². The standard InChI is InChI=1S/C8H14O.C7H11F2NO/c1-2-3-4-5-6-7-8-9;8-7(9)3-1-5(2-4-7)6(10)11/h6-8H,2-5H2,1H3;5H,1-4H2,(H2,10,11)/b7-6+;. The van der Waals surface area contributed by atoms with Gasteiger partial charge >= 0.3 is 0 Å². The summed E-state index contributed by atoms with van der Waals surface area (Å²) in [5.74, 6) is -3.33. The van der Waals surface area contributed by atoms with E-state index >= 15 is 0 Å². The summed E-state index contributed by atoms with van der Waals surface area (Å²) < 4.78 is 25.0. The summed E-state index contributed by atoms with van der Waals surface area (Å²) in [7, 11) is 0. The molecule has 1 saturated carbocycles. The van der Waals surface area contributed by atoms with Crippen molar-refractivity contribution in [2.24, 2.45) is 11.7 Å². The second kappa shape index (κ2) is 10.5. The topological polar surface area (TPSA) is 60.2 Å². The fourth-order valence-corrected chi connectivity index (χ4v) is 1.99. The van der Waals surface area contributed by atoms with Crippen LogP contribution < -0.4 is 5.73 Å². The molecule has 1 fully saturated rings. The van der Waals surface area contributed by atoms with Gasteiger partial charge < -0.3 is 5.73 Å². The minimum Gasteiger partial charge on any atom is -0.369 e. The first kappa shape index (κ1) is 18.7. The van der Waals surface area contributed by atoms with Crippen LogP contribution in [-0.4, -0.2) is 18.1 Å². The van der Waals surface area contributed by atoms with Crippen molar-refractivity contribution in [2.45, 2.75) is 64.2 Å². The molecule has 3 nitrogen and oxygen atoms in total. The molecule has 5 heteroatoms. The quantitative estimate of drug-likeness (QED) is 0.461. The molecular weight excluding hydrogens is 264 g/mol. The van der Waals surface area contributed by atoms with E-state index in [9.17, 15) is 18.4 Å². The van der Waals surface area contributed by atoms with Crippen LogP contribution in [0.15, 0.2) is 12.2 Å². The molecule has 2 N–H and O–H groups in total. The highest BCUT2D eigenvalue weighted by Crippen LogP contribution is 2.35. The van der Waals surface area contributed by atoms with Crippen molar-refractivity contribution in [3.05, 3.63) is 12.2 Å². The Morgan fingerprint density at radius 1 is 1.30 bits per heavy atom. The molecule has 1 aliphatic carbocycles. The number of rotatable bonds is 6. The van der Waals surface area contributed by atoms with Gasteiger partial charge in [-0.1, -0.05) is 25.8 Å². The third-order valence-corrected chi connectivity index (χ3v) is 3.31. The molecule has 0 unspecified atom stereocenters. The van der Waals surface area contributed by atoms with Crippen LogP contribution in [0.2, 0.25) is 0 Å². The maximum Gasteiger partial charge on any atom is 0.248 e. The fourth-order valence-electron chi connectivity index (χ4n) is 1.99. The van der Waals surface area contributed by atoms with E-state index in [0.717, 1.165) is 12.7 Å². The van der Waals surface area contributed by atoms with Crippen LogP contribution in [-0.2, 0) is 9.59 Å². The van der Waals surface area contributed by atoms with Crippen molar-refractivity contribution in [3.63, 3.8) is 0 Å². The molecule has 0 atom stereocenters. The molecule has 116 valence electrons. The molecule has 0 heterocycles. The lowest BCUT2D eigenvalue weighted by Gasteiger charge is -2.25. The third-order valence-electron chi connectivity index (χ3n) is 3.31. The van der Waals surface area contributed by atoms with E-state index < -0.39 is 11.8 Å². The summed E-state index contributed by atoms with van der Waals surface area (Å²) in [6, 6.07) is 0. The summed E-state index contributed by atoms with van der Waals surface area (Å²) in [4.78, 5) is 20.3. The summed E-state index contributed by atoms with van der Waals surface area (Å²) >= 11 is 0. The third kappa shape index (κ3) is 9.64. The fraction of sp³-hybridized carbons (Fsp3) is 0.733. The van der Waals surface area contributed by atoms with Gasteiger partial charge in [-0.05, 0) is 31.8 Å². The molecule has 1 aliphatic rings. The normalized spacial score (nSPS) is 18.4. The molecule has 0 aromatic rings. The van der Waals surface area contributed by atoms with Gasteiger partial charge in [-0.2, -0.15) is 0 Å². The number of hydrogen-bond donors (Lipinski definition) is 1. The zero-order chi connectivity index (χ0) is 15.4. The first-order chi connectivity index (χ1) is 9.43. The molecule has 1 rings (SSSR count). The van der Waals surface area contributed by atoms with Crippen LogP contribution in [0, 0.1) is 5.92 Å². The molecule has 1 amide bonds. The Morgan fingerprint density at radius 3 is 2.35 bits per heavy atom. The molecule has 0 bridgehead atoms. The number of nitrogens with two attached hydrogens (primary N) is 1. The van der Waals surface area contributed by atoms with E-state index in [1.165, 1.54) is 19.3 Å². The van der Waals surface area contributed by atoms with Crippen molar-refractivity contribution in [1.29, 1.82) is 0 Å². The summed E-state index contributed by atoms with van der Waals surface area (Å²) in [6.45, 7) is 2.17. The lowest BCUT2D eigenvalue weighted by atomic mass is 9.86. The van der Waals surface area contributed by atoms with Gasteiger partial charge in [0.1, 0.15) is 6.29 Å². The van der Waals surface area contributed by atoms with Crippen molar-refractivity contribution in [3.8, 4) is 0 Å². The molecule has 0 aliphatic heterocycles. The number of alkyl halides is 2. The first-order valence-electron chi connectivity index (χ1n) is 7.20. The van der Waals surface area contributed by atoms with E-state index in [1.807, 2.05) is 6.08 Å². The Kier molecular flexibility index (Phi) is 9.86. The Balaban J connectivity index is 0.000000370. The largest absolute Gasteiger partial charge is 0.369 e. The van der Waals surface area contributed by atoms with E-state index in [1.54, 1.807) is 6.08 Å². The average Bonchev–Trinajstić information content (AvgIpc) is 2.39.